The molecule has 88 valence electrons. The molecule has 0 aliphatic heterocycles. The third kappa shape index (κ3) is 2.31. The SMILES string of the molecule is CON=Cc1c(-c2ccccc2)nn(C)c1Cl. The van der Waals surface area contributed by atoms with Gasteiger partial charge >= 0.3 is 0 Å². The number of halogens is 1. The first-order valence-corrected chi connectivity index (χ1v) is 5.46. The molecular weight excluding hydrogens is 238 g/mol. The van der Waals surface area contributed by atoms with E-state index in [9.17, 15) is 0 Å². The first kappa shape index (κ1) is 11.7. The molecule has 0 radical (unpaired) electrons. The van der Waals surface area contributed by atoms with E-state index in [1.807, 2.05) is 30.3 Å². The number of benzene rings is 1. The van der Waals surface area contributed by atoms with Crippen molar-refractivity contribution < 1.29 is 4.84 Å². The lowest BCUT2D eigenvalue weighted by Gasteiger charge is -1.97. The van der Waals surface area contributed by atoms with Crippen LogP contribution in [0.25, 0.3) is 11.3 Å². The summed E-state index contributed by atoms with van der Waals surface area (Å²) in [6.07, 6.45) is 1.57. The summed E-state index contributed by atoms with van der Waals surface area (Å²) < 4.78 is 1.61. The minimum atomic E-state index is 0.532. The molecule has 0 aliphatic rings. The molecule has 0 spiro atoms. The number of rotatable bonds is 3. The highest BCUT2D eigenvalue weighted by Gasteiger charge is 2.14. The molecule has 1 aromatic carbocycles. The van der Waals surface area contributed by atoms with Gasteiger partial charge in [0.15, 0.2) is 0 Å². The molecule has 0 fully saturated rings. The third-order valence-corrected chi connectivity index (χ3v) is 2.79. The van der Waals surface area contributed by atoms with E-state index < -0.39 is 0 Å². The molecule has 0 aliphatic carbocycles. The van der Waals surface area contributed by atoms with E-state index in [2.05, 4.69) is 15.1 Å². The first-order chi connectivity index (χ1) is 8.24. The van der Waals surface area contributed by atoms with Crippen molar-refractivity contribution in [3.63, 3.8) is 0 Å². The summed E-state index contributed by atoms with van der Waals surface area (Å²) in [5.74, 6) is 0. The first-order valence-electron chi connectivity index (χ1n) is 5.08. The second-order valence-electron chi connectivity index (χ2n) is 3.46. The van der Waals surface area contributed by atoms with Crippen LogP contribution >= 0.6 is 11.6 Å². The van der Waals surface area contributed by atoms with Crippen LogP contribution in [0, 0.1) is 0 Å². The Labute approximate surface area is 104 Å². The molecule has 0 amide bonds. The summed E-state index contributed by atoms with van der Waals surface area (Å²) in [7, 11) is 3.28. The number of hydrogen-bond acceptors (Lipinski definition) is 3. The molecule has 0 saturated heterocycles. The number of aryl methyl sites for hydroxylation is 1. The zero-order valence-corrected chi connectivity index (χ0v) is 10.3. The van der Waals surface area contributed by atoms with Crippen molar-refractivity contribution in [2.24, 2.45) is 12.2 Å². The summed E-state index contributed by atoms with van der Waals surface area (Å²) in [5, 5.41) is 8.64. The maximum Gasteiger partial charge on any atom is 0.136 e. The van der Waals surface area contributed by atoms with Crippen LogP contribution in [0.1, 0.15) is 5.56 Å². The fraction of sp³-hybridized carbons (Fsp3) is 0.167. The predicted octanol–water partition coefficient (Wildman–Crippen LogP) is 2.72. The van der Waals surface area contributed by atoms with Gasteiger partial charge < -0.3 is 4.84 Å². The van der Waals surface area contributed by atoms with E-state index >= 15 is 0 Å². The summed E-state index contributed by atoms with van der Waals surface area (Å²) in [4.78, 5) is 4.67. The van der Waals surface area contributed by atoms with Crippen molar-refractivity contribution in [1.29, 1.82) is 0 Å². The Bertz CT molecular complexity index is 534. The van der Waals surface area contributed by atoms with Crippen LogP contribution in [-0.4, -0.2) is 23.1 Å². The molecule has 1 aromatic heterocycles. The number of aromatic nitrogens is 2. The highest BCUT2D eigenvalue weighted by Crippen LogP contribution is 2.26. The lowest BCUT2D eigenvalue weighted by molar-refractivity contribution is 0.215. The van der Waals surface area contributed by atoms with Gasteiger partial charge in [-0.1, -0.05) is 47.1 Å². The smallest absolute Gasteiger partial charge is 0.136 e. The molecule has 2 aromatic rings. The molecule has 0 bridgehead atoms. The van der Waals surface area contributed by atoms with Gasteiger partial charge in [0.25, 0.3) is 0 Å². The molecule has 2 rings (SSSR count). The van der Waals surface area contributed by atoms with Gasteiger partial charge in [-0.05, 0) is 0 Å². The number of nitrogens with zero attached hydrogens (tertiary/aromatic N) is 3. The maximum absolute atomic E-state index is 6.15. The topological polar surface area (TPSA) is 39.4 Å². The third-order valence-electron chi connectivity index (χ3n) is 2.35. The normalized spacial score (nSPS) is 11.0. The van der Waals surface area contributed by atoms with E-state index in [1.54, 1.807) is 17.9 Å². The summed E-state index contributed by atoms with van der Waals surface area (Å²) >= 11 is 6.15. The van der Waals surface area contributed by atoms with Crippen LogP contribution in [-0.2, 0) is 11.9 Å². The maximum atomic E-state index is 6.15. The van der Waals surface area contributed by atoms with Crippen molar-refractivity contribution in [2.75, 3.05) is 7.11 Å². The van der Waals surface area contributed by atoms with Crippen LogP contribution in [0.2, 0.25) is 5.15 Å². The number of hydrogen-bond donors (Lipinski definition) is 0. The Morgan fingerprint density at radius 2 is 2.06 bits per heavy atom. The van der Waals surface area contributed by atoms with Gasteiger partial charge in [0.2, 0.25) is 0 Å². The van der Waals surface area contributed by atoms with Gasteiger partial charge in [-0.3, -0.25) is 4.68 Å². The van der Waals surface area contributed by atoms with Crippen LogP contribution in [0.15, 0.2) is 35.5 Å². The van der Waals surface area contributed by atoms with Gasteiger partial charge in [-0.15, -0.1) is 0 Å². The minimum absolute atomic E-state index is 0.532. The van der Waals surface area contributed by atoms with Crippen molar-refractivity contribution in [1.82, 2.24) is 9.78 Å². The highest BCUT2D eigenvalue weighted by molar-refractivity contribution is 6.32. The van der Waals surface area contributed by atoms with Gasteiger partial charge in [0.05, 0.1) is 11.8 Å². The Hall–Kier alpha value is -1.81. The largest absolute Gasteiger partial charge is 0.399 e. The monoisotopic (exact) mass is 249 g/mol. The second-order valence-corrected chi connectivity index (χ2v) is 3.82. The zero-order valence-electron chi connectivity index (χ0n) is 9.59. The Balaban J connectivity index is 2.54. The molecule has 5 heteroatoms. The lowest BCUT2D eigenvalue weighted by atomic mass is 10.1. The van der Waals surface area contributed by atoms with E-state index in [1.165, 1.54) is 7.11 Å². The summed E-state index contributed by atoms with van der Waals surface area (Å²) in [6, 6.07) is 9.81. The fourth-order valence-corrected chi connectivity index (χ4v) is 1.72. The van der Waals surface area contributed by atoms with Crippen molar-refractivity contribution >= 4 is 17.8 Å². The lowest BCUT2D eigenvalue weighted by Crippen LogP contribution is -1.89. The van der Waals surface area contributed by atoms with Crippen LogP contribution in [0.5, 0.6) is 0 Å². The molecule has 4 nitrogen and oxygen atoms in total. The molecule has 1 heterocycles. The number of oxime groups is 1. The quantitative estimate of drug-likeness (QED) is 0.620. The average Bonchev–Trinajstić information content (AvgIpc) is 2.65. The van der Waals surface area contributed by atoms with Gasteiger partial charge in [0.1, 0.15) is 18.0 Å². The van der Waals surface area contributed by atoms with Crippen LogP contribution in [0.3, 0.4) is 0 Å². The van der Waals surface area contributed by atoms with Gasteiger partial charge in [0, 0.05) is 12.6 Å². The van der Waals surface area contributed by atoms with E-state index in [0.29, 0.717) is 5.15 Å². The van der Waals surface area contributed by atoms with Crippen molar-refractivity contribution in [2.45, 2.75) is 0 Å². The van der Waals surface area contributed by atoms with Crippen LogP contribution < -0.4 is 0 Å². The standard InChI is InChI=1S/C12H12ClN3O/c1-16-12(13)10(8-14-17-2)11(15-16)9-6-4-3-5-7-9/h3-8H,1-2H3. The Kier molecular flexibility index (Phi) is 3.44. The van der Waals surface area contributed by atoms with E-state index in [-0.39, 0.29) is 0 Å². The van der Waals surface area contributed by atoms with Gasteiger partial charge in [-0.2, -0.15) is 5.10 Å². The molecule has 0 atom stereocenters. The van der Waals surface area contributed by atoms with E-state index in [0.717, 1.165) is 16.8 Å². The summed E-state index contributed by atoms with van der Waals surface area (Å²) in [6.45, 7) is 0. The average molecular weight is 250 g/mol. The molecular formula is C12H12ClN3O. The molecule has 0 saturated carbocycles. The predicted molar refractivity (Wildman–Crippen MR) is 68.3 cm³/mol. The second kappa shape index (κ2) is 5.01. The minimum Gasteiger partial charge on any atom is -0.399 e. The molecule has 0 N–H and O–H groups in total. The Morgan fingerprint density at radius 1 is 1.35 bits per heavy atom. The molecule has 0 unspecified atom stereocenters. The molecule has 17 heavy (non-hydrogen) atoms. The van der Waals surface area contributed by atoms with Crippen molar-refractivity contribution in [3.8, 4) is 11.3 Å². The zero-order chi connectivity index (χ0) is 12.3. The van der Waals surface area contributed by atoms with Gasteiger partial charge in [-0.25, -0.2) is 0 Å². The summed E-state index contributed by atoms with van der Waals surface area (Å²) in [5.41, 5.74) is 2.54. The highest BCUT2D eigenvalue weighted by atomic mass is 35.5. The Morgan fingerprint density at radius 3 is 2.71 bits per heavy atom. The fourth-order valence-electron chi connectivity index (χ4n) is 1.55. The van der Waals surface area contributed by atoms with Crippen molar-refractivity contribution in [3.05, 3.63) is 41.0 Å². The van der Waals surface area contributed by atoms with Crippen LogP contribution in [0.4, 0.5) is 0 Å². The van der Waals surface area contributed by atoms with E-state index in [4.69, 9.17) is 11.6 Å².